The third-order valence-corrected chi connectivity index (χ3v) is 2.58. The summed E-state index contributed by atoms with van der Waals surface area (Å²) in [6.07, 6.45) is -9.56. The van der Waals surface area contributed by atoms with E-state index in [1.165, 1.54) is 0 Å². The lowest BCUT2D eigenvalue weighted by Crippen LogP contribution is -2.60. The van der Waals surface area contributed by atoms with E-state index in [9.17, 15) is 25.2 Å². The van der Waals surface area contributed by atoms with Crippen LogP contribution in [0.3, 0.4) is 0 Å². The third kappa shape index (κ3) is 3.14. The molecule has 0 aliphatic carbocycles. The standard InChI is InChI=1S/C9H16O9/c10-1-3-5(12)6(13)7(14)9(17-3)18-4(2-11)8(15)16/h3-7,9-14H,1-2H2,(H,15,16)/p-1/t3?,4?,5-,6-,7?,9-/m0/s1. The van der Waals surface area contributed by atoms with E-state index in [1.807, 2.05) is 0 Å². The number of ether oxygens (including phenoxy) is 2. The molecule has 0 aromatic heterocycles. The fraction of sp³-hybridized carbons (Fsp3) is 0.889. The smallest absolute Gasteiger partial charge is 0.187 e. The Morgan fingerprint density at radius 3 is 2.28 bits per heavy atom. The lowest BCUT2D eigenvalue weighted by molar-refractivity contribution is -0.344. The van der Waals surface area contributed by atoms with Crippen molar-refractivity contribution in [2.75, 3.05) is 13.2 Å². The minimum atomic E-state index is -1.76. The molecule has 9 nitrogen and oxygen atoms in total. The van der Waals surface area contributed by atoms with Crippen LogP contribution in [0, 0.1) is 0 Å². The largest absolute Gasteiger partial charge is 0.547 e. The predicted molar refractivity (Wildman–Crippen MR) is 50.7 cm³/mol. The second kappa shape index (κ2) is 6.38. The molecule has 9 heteroatoms. The van der Waals surface area contributed by atoms with E-state index in [4.69, 9.17) is 19.7 Å². The highest BCUT2D eigenvalue weighted by Gasteiger charge is 2.44. The Labute approximate surface area is 102 Å². The van der Waals surface area contributed by atoms with Crippen LogP contribution in [0.4, 0.5) is 0 Å². The Balaban J connectivity index is 2.72. The first-order valence-corrected chi connectivity index (χ1v) is 5.20. The van der Waals surface area contributed by atoms with Gasteiger partial charge >= 0.3 is 0 Å². The van der Waals surface area contributed by atoms with E-state index in [0.717, 1.165) is 0 Å². The molecule has 1 aliphatic rings. The van der Waals surface area contributed by atoms with Gasteiger partial charge in [-0.3, -0.25) is 0 Å². The van der Waals surface area contributed by atoms with E-state index in [-0.39, 0.29) is 0 Å². The maximum Gasteiger partial charge on any atom is 0.187 e. The molecule has 0 amide bonds. The molecule has 1 saturated heterocycles. The molecule has 0 spiro atoms. The van der Waals surface area contributed by atoms with E-state index < -0.39 is 56.0 Å². The molecule has 1 fully saturated rings. The van der Waals surface area contributed by atoms with Crippen LogP contribution in [0.2, 0.25) is 0 Å². The average Bonchev–Trinajstić information content (AvgIpc) is 2.35. The van der Waals surface area contributed by atoms with Gasteiger partial charge in [0.25, 0.3) is 0 Å². The number of aliphatic hydroxyl groups is 5. The van der Waals surface area contributed by atoms with Gasteiger partial charge in [0.1, 0.15) is 30.5 Å². The van der Waals surface area contributed by atoms with Gasteiger partial charge in [0.05, 0.1) is 19.2 Å². The molecule has 5 N–H and O–H groups in total. The van der Waals surface area contributed by atoms with Crippen LogP contribution in [0.15, 0.2) is 0 Å². The van der Waals surface area contributed by atoms with Crippen molar-refractivity contribution < 1.29 is 44.9 Å². The molecule has 3 unspecified atom stereocenters. The van der Waals surface area contributed by atoms with Crippen molar-refractivity contribution in [3.05, 3.63) is 0 Å². The van der Waals surface area contributed by atoms with Crippen LogP contribution in [-0.4, -0.2) is 81.5 Å². The summed E-state index contributed by atoms with van der Waals surface area (Å²) in [6, 6.07) is 0. The second-order valence-electron chi connectivity index (χ2n) is 3.82. The van der Waals surface area contributed by atoms with Crippen molar-refractivity contribution in [1.82, 2.24) is 0 Å². The normalized spacial score (nSPS) is 38.4. The monoisotopic (exact) mass is 267 g/mol. The van der Waals surface area contributed by atoms with Gasteiger partial charge in [-0.05, 0) is 0 Å². The maximum absolute atomic E-state index is 10.5. The van der Waals surface area contributed by atoms with Crippen LogP contribution in [0.1, 0.15) is 0 Å². The molecule has 6 atom stereocenters. The summed E-state index contributed by atoms with van der Waals surface area (Å²) < 4.78 is 9.58. The Kier molecular flexibility index (Phi) is 5.41. The van der Waals surface area contributed by atoms with Gasteiger partial charge in [-0.15, -0.1) is 0 Å². The van der Waals surface area contributed by atoms with Crippen molar-refractivity contribution in [3.63, 3.8) is 0 Å². The first-order valence-electron chi connectivity index (χ1n) is 5.20. The third-order valence-electron chi connectivity index (χ3n) is 2.58. The quantitative estimate of drug-likeness (QED) is 0.328. The fourth-order valence-corrected chi connectivity index (χ4v) is 1.51. The molecule has 0 saturated carbocycles. The summed E-state index contributed by atoms with van der Waals surface area (Å²) in [5.74, 6) is -1.73. The highest BCUT2D eigenvalue weighted by atomic mass is 16.7. The minimum Gasteiger partial charge on any atom is -0.547 e. The minimum absolute atomic E-state index is 0.667. The van der Waals surface area contributed by atoms with E-state index in [0.29, 0.717) is 0 Å². The summed E-state index contributed by atoms with van der Waals surface area (Å²) in [5.41, 5.74) is 0. The Morgan fingerprint density at radius 2 is 1.83 bits per heavy atom. The van der Waals surface area contributed by atoms with Crippen molar-refractivity contribution in [1.29, 1.82) is 0 Å². The Morgan fingerprint density at radius 1 is 1.22 bits per heavy atom. The maximum atomic E-state index is 10.5. The molecule has 1 heterocycles. The van der Waals surface area contributed by atoms with Gasteiger partial charge in [-0.25, -0.2) is 0 Å². The number of carbonyl (C=O) groups excluding carboxylic acids is 1. The second-order valence-corrected chi connectivity index (χ2v) is 3.82. The molecule has 0 aromatic carbocycles. The molecule has 0 radical (unpaired) electrons. The van der Waals surface area contributed by atoms with Gasteiger partial charge < -0.3 is 44.9 Å². The zero-order valence-corrected chi connectivity index (χ0v) is 9.25. The summed E-state index contributed by atoms with van der Waals surface area (Å²) >= 11 is 0. The number of rotatable bonds is 5. The lowest BCUT2D eigenvalue weighted by atomic mass is 9.99. The summed E-state index contributed by atoms with van der Waals surface area (Å²) in [4.78, 5) is 10.5. The number of carbonyl (C=O) groups is 1. The molecule has 18 heavy (non-hydrogen) atoms. The van der Waals surface area contributed by atoms with Crippen LogP contribution in [-0.2, 0) is 14.3 Å². The predicted octanol–water partition coefficient (Wildman–Crippen LogP) is -5.09. The van der Waals surface area contributed by atoms with Crippen molar-refractivity contribution in [2.24, 2.45) is 0 Å². The van der Waals surface area contributed by atoms with Crippen molar-refractivity contribution in [3.8, 4) is 0 Å². The zero-order chi connectivity index (χ0) is 13.9. The van der Waals surface area contributed by atoms with E-state index in [1.54, 1.807) is 0 Å². The highest BCUT2D eigenvalue weighted by molar-refractivity contribution is 5.70. The van der Waals surface area contributed by atoms with Crippen molar-refractivity contribution in [2.45, 2.75) is 36.8 Å². The first kappa shape index (κ1) is 15.2. The Hall–Kier alpha value is -0.810. The van der Waals surface area contributed by atoms with Gasteiger partial charge in [-0.1, -0.05) is 0 Å². The SMILES string of the molecule is O=C([O-])C(CO)O[C@@H]1OC(CO)[C@H](O)[C@H](O)C1O. The Bertz CT molecular complexity index is 281. The van der Waals surface area contributed by atoms with Crippen LogP contribution in [0.5, 0.6) is 0 Å². The number of carboxylic acids is 1. The number of aliphatic hydroxyl groups excluding tert-OH is 5. The fourth-order valence-electron chi connectivity index (χ4n) is 1.51. The van der Waals surface area contributed by atoms with Gasteiger partial charge in [0.2, 0.25) is 0 Å². The highest BCUT2D eigenvalue weighted by Crippen LogP contribution is 2.22. The summed E-state index contributed by atoms with van der Waals surface area (Å²) in [7, 11) is 0. The molecule has 106 valence electrons. The molecular formula is C9H15O9-. The van der Waals surface area contributed by atoms with Crippen LogP contribution in [0.25, 0.3) is 0 Å². The number of hydrogen-bond donors (Lipinski definition) is 5. The van der Waals surface area contributed by atoms with Crippen molar-refractivity contribution >= 4 is 5.97 Å². The lowest BCUT2D eigenvalue weighted by Gasteiger charge is -2.40. The summed E-state index contributed by atoms with van der Waals surface area (Å²) in [5, 5.41) is 56.4. The van der Waals surface area contributed by atoms with E-state index in [2.05, 4.69) is 0 Å². The molecule has 1 aliphatic heterocycles. The number of carboxylic acid groups (broad SMARTS) is 1. The van der Waals surface area contributed by atoms with E-state index >= 15 is 0 Å². The molecule has 1 rings (SSSR count). The topological polar surface area (TPSA) is 160 Å². The zero-order valence-electron chi connectivity index (χ0n) is 9.25. The average molecular weight is 267 g/mol. The van der Waals surface area contributed by atoms with Crippen LogP contribution < -0.4 is 5.11 Å². The molecule has 0 bridgehead atoms. The molecule has 0 aromatic rings. The molecular weight excluding hydrogens is 252 g/mol. The van der Waals surface area contributed by atoms with Gasteiger partial charge in [-0.2, -0.15) is 0 Å². The van der Waals surface area contributed by atoms with Crippen LogP contribution >= 0.6 is 0 Å². The number of aliphatic carboxylic acids is 1. The summed E-state index contributed by atoms with van der Waals surface area (Å²) in [6.45, 7) is -1.59. The van der Waals surface area contributed by atoms with Gasteiger partial charge in [0.15, 0.2) is 6.29 Å². The number of hydrogen-bond acceptors (Lipinski definition) is 9. The van der Waals surface area contributed by atoms with Gasteiger partial charge in [0, 0.05) is 0 Å². The first-order chi connectivity index (χ1) is 8.42.